The van der Waals surface area contributed by atoms with Crippen LogP contribution in [0.1, 0.15) is 15.9 Å². The normalized spacial score (nSPS) is 12.4. The van der Waals surface area contributed by atoms with Gasteiger partial charge >= 0.3 is 5.97 Å². The summed E-state index contributed by atoms with van der Waals surface area (Å²) in [6, 6.07) is 9.88. The zero-order valence-electron chi connectivity index (χ0n) is 13.6. The second-order valence-corrected chi connectivity index (χ2v) is 5.07. The quantitative estimate of drug-likeness (QED) is 0.629. The van der Waals surface area contributed by atoms with Crippen LogP contribution in [0.2, 0.25) is 0 Å². The Bertz CT molecular complexity index is 864. The van der Waals surface area contributed by atoms with Gasteiger partial charge in [0.15, 0.2) is 11.7 Å². The van der Waals surface area contributed by atoms with E-state index in [-0.39, 0.29) is 5.97 Å². The van der Waals surface area contributed by atoms with Crippen LogP contribution in [0.15, 0.2) is 52.8 Å². The zero-order valence-corrected chi connectivity index (χ0v) is 13.6. The molecule has 0 fully saturated rings. The van der Waals surface area contributed by atoms with Gasteiger partial charge in [-0.3, -0.25) is 9.98 Å². The molecule has 0 radical (unpaired) electrons. The monoisotopic (exact) mass is 333 g/mol. The highest BCUT2D eigenvalue weighted by molar-refractivity contribution is 6.35. The van der Waals surface area contributed by atoms with E-state index in [0.717, 1.165) is 5.56 Å². The predicted octanol–water partition coefficient (Wildman–Crippen LogP) is 1.71. The van der Waals surface area contributed by atoms with E-state index in [9.17, 15) is 4.79 Å². The van der Waals surface area contributed by atoms with Gasteiger partial charge in [0.05, 0.1) is 31.6 Å². The molecular weight excluding hydrogens is 318 g/mol. The molecule has 0 spiro atoms. The van der Waals surface area contributed by atoms with E-state index in [4.69, 9.17) is 4.74 Å². The Kier molecular flexibility index (Phi) is 5.12. The molecule has 1 aromatic heterocycles. The topological polar surface area (TPSA) is 80.0 Å². The van der Waals surface area contributed by atoms with Gasteiger partial charge in [0, 0.05) is 18.4 Å². The Labute approximate surface area is 145 Å². The second-order valence-electron chi connectivity index (χ2n) is 5.07. The highest BCUT2D eigenvalue weighted by Gasteiger charge is 2.15. The zero-order chi connectivity index (χ0) is 17.5. The summed E-state index contributed by atoms with van der Waals surface area (Å²) in [4.78, 5) is 30.3. The van der Waals surface area contributed by atoms with Gasteiger partial charge in [0.25, 0.3) is 0 Å². The number of carbonyl (C=O) groups is 1. The molecule has 2 aromatic rings. The van der Waals surface area contributed by atoms with E-state index < -0.39 is 0 Å². The van der Waals surface area contributed by atoms with Crippen LogP contribution in [0, 0.1) is 12.0 Å². The number of esters is 1. The number of hydrogen-bond acceptors (Lipinski definition) is 7. The molecule has 0 aliphatic carbocycles. The molecule has 0 unspecified atom stereocenters. The molecule has 0 saturated carbocycles. The van der Waals surface area contributed by atoms with Gasteiger partial charge in [-0.2, -0.15) is 4.99 Å². The third kappa shape index (κ3) is 4.06. The summed E-state index contributed by atoms with van der Waals surface area (Å²) >= 11 is 0. The van der Waals surface area contributed by atoms with Crippen molar-refractivity contribution >= 4 is 23.8 Å². The maximum Gasteiger partial charge on any atom is 0.337 e. The molecule has 0 N–H and O–H groups in total. The molecule has 1 aliphatic rings. The highest BCUT2D eigenvalue weighted by atomic mass is 16.5. The molecule has 0 atom stereocenters. The first kappa shape index (κ1) is 16.3. The van der Waals surface area contributed by atoms with Crippen molar-refractivity contribution in [2.45, 2.75) is 6.54 Å². The number of rotatable bonds is 4. The summed E-state index contributed by atoms with van der Waals surface area (Å²) in [5, 5.41) is 0. The van der Waals surface area contributed by atoms with Gasteiger partial charge in [0.2, 0.25) is 0 Å². The van der Waals surface area contributed by atoms with Gasteiger partial charge in [-0.25, -0.2) is 9.78 Å². The average Bonchev–Trinajstić information content (AvgIpc) is 2.96. The molecular formula is C18H15N5O2. The van der Waals surface area contributed by atoms with Gasteiger partial charge in [-0.1, -0.05) is 18.1 Å². The molecule has 0 saturated heterocycles. The fourth-order valence-electron chi connectivity index (χ4n) is 2.22. The summed E-state index contributed by atoms with van der Waals surface area (Å²) in [7, 11) is 1.36. The average molecular weight is 333 g/mol. The van der Waals surface area contributed by atoms with Crippen LogP contribution in [0.25, 0.3) is 0 Å². The maximum atomic E-state index is 11.6. The molecule has 7 heteroatoms. The summed E-state index contributed by atoms with van der Waals surface area (Å²) in [5.74, 6) is 3.68. The molecule has 2 heterocycles. The Morgan fingerprint density at radius 3 is 2.84 bits per heavy atom. The van der Waals surface area contributed by atoms with E-state index in [0.29, 0.717) is 30.3 Å². The van der Waals surface area contributed by atoms with Gasteiger partial charge < -0.3 is 9.64 Å². The molecule has 0 amide bonds. The lowest BCUT2D eigenvalue weighted by molar-refractivity contribution is 0.0600. The number of hydrogen-bond donors (Lipinski definition) is 0. The van der Waals surface area contributed by atoms with Crippen LogP contribution >= 0.6 is 0 Å². The number of nitrogens with zero attached hydrogens (tertiary/aromatic N) is 5. The highest BCUT2D eigenvalue weighted by Crippen LogP contribution is 2.15. The van der Waals surface area contributed by atoms with Gasteiger partial charge in [-0.05, 0) is 17.7 Å². The minimum atomic E-state index is -0.368. The summed E-state index contributed by atoms with van der Waals surface area (Å²) in [6.45, 7) is 0.891. The first-order valence-electron chi connectivity index (χ1n) is 7.54. The number of amidine groups is 1. The van der Waals surface area contributed by atoms with Gasteiger partial charge in [-0.15, -0.1) is 0 Å². The maximum absolute atomic E-state index is 11.6. The third-order valence-electron chi connectivity index (χ3n) is 3.44. The number of aliphatic imine (C=N–C) groups is 2. The van der Waals surface area contributed by atoms with Crippen molar-refractivity contribution in [3.05, 3.63) is 54.0 Å². The first-order valence-corrected chi connectivity index (χ1v) is 7.54. The number of carbonyl (C=O) groups excluding carboxylic acids is 1. The van der Waals surface area contributed by atoms with Crippen LogP contribution in [-0.2, 0) is 11.3 Å². The van der Waals surface area contributed by atoms with Crippen molar-refractivity contribution < 1.29 is 9.53 Å². The van der Waals surface area contributed by atoms with Crippen LogP contribution in [0.3, 0.4) is 0 Å². The van der Waals surface area contributed by atoms with Crippen molar-refractivity contribution in [1.29, 1.82) is 0 Å². The Hall–Kier alpha value is -3.53. The molecule has 7 nitrogen and oxygen atoms in total. The Morgan fingerprint density at radius 2 is 2.12 bits per heavy atom. The lowest BCUT2D eigenvalue weighted by Gasteiger charge is -2.22. The van der Waals surface area contributed by atoms with Crippen molar-refractivity contribution in [3.63, 3.8) is 0 Å². The van der Waals surface area contributed by atoms with Crippen LogP contribution in [0.5, 0.6) is 0 Å². The molecule has 124 valence electrons. The number of benzene rings is 1. The van der Waals surface area contributed by atoms with Crippen LogP contribution in [0.4, 0.5) is 5.82 Å². The largest absolute Gasteiger partial charge is 0.465 e. The predicted molar refractivity (Wildman–Crippen MR) is 94.6 cm³/mol. The van der Waals surface area contributed by atoms with E-state index in [2.05, 4.69) is 31.9 Å². The smallest absolute Gasteiger partial charge is 0.337 e. The fraction of sp³-hybridized carbons (Fsp3) is 0.167. The summed E-state index contributed by atoms with van der Waals surface area (Å²) in [5.41, 5.74) is 1.46. The van der Waals surface area contributed by atoms with Crippen LogP contribution < -0.4 is 4.90 Å². The number of methoxy groups -OCH3 is 1. The Balaban J connectivity index is 1.89. The molecule has 0 bridgehead atoms. The molecule has 3 rings (SSSR count). The third-order valence-corrected chi connectivity index (χ3v) is 3.44. The van der Waals surface area contributed by atoms with Crippen molar-refractivity contribution in [1.82, 2.24) is 9.97 Å². The van der Waals surface area contributed by atoms with E-state index in [1.165, 1.54) is 7.11 Å². The standard InChI is InChI=1S/C18H15N5O2/c1-25-18(24)15-5-3-14(4-6-15)13-23(17-12-20-9-10-22-17)16-11-19-7-2-8-21-16/h3-6,9-12H,7,13H2,1H3. The minimum absolute atomic E-state index is 0.368. The van der Waals surface area contributed by atoms with E-state index in [1.54, 1.807) is 36.9 Å². The first-order chi connectivity index (χ1) is 12.3. The molecule has 1 aliphatic heterocycles. The molecule has 25 heavy (non-hydrogen) atoms. The van der Waals surface area contributed by atoms with Crippen molar-refractivity contribution in [2.24, 2.45) is 9.98 Å². The summed E-state index contributed by atoms with van der Waals surface area (Å²) < 4.78 is 4.72. The summed E-state index contributed by atoms with van der Waals surface area (Å²) in [6.07, 6.45) is 6.53. The lowest BCUT2D eigenvalue weighted by atomic mass is 10.1. The van der Waals surface area contributed by atoms with Crippen molar-refractivity contribution in [2.75, 3.05) is 18.6 Å². The second kappa shape index (κ2) is 7.84. The number of aromatic nitrogens is 2. The number of anilines is 1. The lowest BCUT2D eigenvalue weighted by Crippen LogP contribution is -2.32. The SMILES string of the molecule is COC(=O)c1ccc(CN(C2=NC#CCN=C2)c2cnccn2)cc1. The minimum Gasteiger partial charge on any atom is -0.465 e. The fourth-order valence-corrected chi connectivity index (χ4v) is 2.22. The van der Waals surface area contributed by atoms with E-state index in [1.807, 2.05) is 17.0 Å². The Morgan fingerprint density at radius 1 is 1.28 bits per heavy atom. The van der Waals surface area contributed by atoms with E-state index >= 15 is 0 Å². The molecule has 1 aromatic carbocycles. The number of ether oxygens (including phenoxy) is 1. The van der Waals surface area contributed by atoms with Crippen LogP contribution in [-0.4, -0.2) is 41.6 Å². The van der Waals surface area contributed by atoms with Gasteiger partial charge in [0.1, 0.15) is 6.54 Å². The van der Waals surface area contributed by atoms with Crippen molar-refractivity contribution in [3.8, 4) is 12.0 Å².